The van der Waals surface area contributed by atoms with Crippen LogP contribution in [-0.2, 0) is 5.41 Å². The second kappa shape index (κ2) is 8.88. The van der Waals surface area contributed by atoms with Crippen molar-refractivity contribution in [3.8, 4) is 11.5 Å². The Bertz CT molecular complexity index is 582. The molecule has 0 aromatic heterocycles. The van der Waals surface area contributed by atoms with Gasteiger partial charge in [-0.05, 0) is 73.0 Å². The van der Waals surface area contributed by atoms with Gasteiger partial charge in [0.05, 0.1) is 0 Å². The Hall–Kier alpha value is -1.18. The van der Waals surface area contributed by atoms with E-state index in [9.17, 15) is 10.2 Å². The first-order chi connectivity index (χ1) is 12.9. The van der Waals surface area contributed by atoms with E-state index in [0.717, 1.165) is 42.2 Å². The molecule has 2 fully saturated rings. The molecule has 2 heteroatoms. The molecule has 0 atom stereocenters. The fraction of sp³-hybridized carbons (Fsp3) is 0.760. The van der Waals surface area contributed by atoms with Crippen LogP contribution in [0.15, 0.2) is 12.1 Å². The van der Waals surface area contributed by atoms with Gasteiger partial charge in [-0.2, -0.15) is 0 Å². The van der Waals surface area contributed by atoms with Crippen LogP contribution in [0.3, 0.4) is 0 Å². The van der Waals surface area contributed by atoms with Gasteiger partial charge >= 0.3 is 0 Å². The number of hydrogen-bond acceptors (Lipinski definition) is 2. The minimum absolute atomic E-state index is 0.0118. The summed E-state index contributed by atoms with van der Waals surface area (Å²) in [6.45, 7) is 6.63. The molecule has 0 heterocycles. The Morgan fingerprint density at radius 2 is 1.41 bits per heavy atom. The number of benzene rings is 1. The maximum atomic E-state index is 10.8. The van der Waals surface area contributed by atoms with Crippen molar-refractivity contribution >= 4 is 0 Å². The smallest absolute Gasteiger partial charge is 0.123 e. The van der Waals surface area contributed by atoms with Crippen LogP contribution >= 0.6 is 0 Å². The normalized spacial score (nSPS) is 24.9. The minimum atomic E-state index is -0.0118. The molecule has 27 heavy (non-hydrogen) atoms. The van der Waals surface area contributed by atoms with Crippen molar-refractivity contribution in [2.24, 2.45) is 11.8 Å². The Morgan fingerprint density at radius 1 is 0.852 bits per heavy atom. The Labute approximate surface area is 166 Å². The van der Waals surface area contributed by atoms with E-state index in [4.69, 9.17) is 0 Å². The molecule has 0 amide bonds. The van der Waals surface area contributed by atoms with Gasteiger partial charge in [0.2, 0.25) is 0 Å². The van der Waals surface area contributed by atoms with Gasteiger partial charge in [0, 0.05) is 5.56 Å². The molecular weight excluding hydrogens is 332 g/mol. The van der Waals surface area contributed by atoms with E-state index >= 15 is 0 Å². The van der Waals surface area contributed by atoms with Crippen LogP contribution in [0.25, 0.3) is 0 Å². The molecule has 3 rings (SSSR count). The van der Waals surface area contributed by atoms with Gasteiger partial charge in [0.25, 0.3) is 0 Å². The third kappa shape index (κ3) is 4.81. The van der Waals surface area contributed by atoms with Gasteiger partial charge in [-0.15, -0.1) is 0 Å². The van der Waals surface area contributed by atoms with Gasteiger partial charge in [-0.1, -0.05) is 65.7 Å². The third-order valence-corrected chi connectivity index (χ3v) is 7.57. The van der Waals surface area contributed by atoms with Crippen LogP contribution < -0.4 is 0 Å². The van der Waals surface area contributed by atoms with Crippen LogP contribution in [0.5, 0.6) is 11.5 Å². The lowest BCUT2D eigenvalue weighted by Crippen LogP contribution is -2.23. The summed E-state index contributed by atoms with van der Waals surface area (Å²) in [6.07, 6.45) is 15.3. The number of phenols is 2. The number of hydrogen-bond donors (Lipinski definition) is 2. The predicted molar refractivity (Wildman–Crippen MR) is 114 cm³/mol. The molecule has 0 radical (unpaired) electrons. The van der Waals surface area contributed by atoms with E-state index in [0.29, 0.717) is 17.4 Å². The molecule has 2 aliphatic carbocycles. The van der Waals surface area contributed by atoms with Crippen LogP contribution in [0.1, 0.15) is 115 Å². The SMILES string of the molecule is CCCCC(C)(C)c1cc(O)c(C2CCC(C3CCCCC3)CC2)c(O)c1. The summed E-state index contributed by atoms with van der Waals surface area (Å²) in [5, 5.41) is 21.5. The van der Waals surface area contributed by atoms with Gasteiger partial charge in [-0.25, -0.2) is 0 Å². The summed E-state index contributed by atoms with van der Waals surface area (Å²) in [5.41, 5.74) is 1.86. The van der Waals surface area contributed by atoms with Gasteiger partial charge in [0.1, 0.15) is 11.5 Å². The summed E-state index contributed by atoms with van der Waals surface area (Å²) in [6, 6.07) is 3.86. The highest BCUT2D eigenvalue weighted by molar-refractivity contribution is 5.50. The van der Waals surface area contributed by atoms with Gasteiger partial charge in [0.15, 0.2) is 0 Å². The van der Waals surface area contributed by atoms with Crippen molar-refractivity contribution in [2.75, 3.05) is 0 Å². The average Bonchev–Trinajstić information content (AvgIpc) is 2.67. The second-order valence-electron chi connectivity index (χ2n) is 9.93. The third-order valence-electron chi connectivity index (χ3n) is 7.57. The van der Waals surface area contributed by atoms with E-state index in [1.54, 1.807) is 0 Å². The molecule has 2 saturated carbocycles. The van der Waals surface area contributed by atoms with E-state index in [1.807, 2.05) is 12.1 Å². The van der Waals surface area contributed by atoms with Crippen molar-refractivity contribution in [1.29, 1.82) is 0 Å². The summed E-state index contributed by atoms with van der Waals surface area (Å²) in [4.78, 5) is 0. The zero-order valence-electron chi connectivity index (χ0n) is 17.8. The first-order valence-electron chi connectivity index (χ1n) is 11.5. The van der Waals surface area contributed by atoms with E-state index < -0.39 is 0 Å². The van der Waals surface area contributed by atoms with Crippen LogP contribution in [0, 0.1) is 11.8 Å². The van der Waals surface area contributed by atoms with Crippen molar-refractivity contribution in [1.82, 2.24) is 0 Å². The zero-order valence-corrected chi connectivity index (χ0v) is 17.8. The highest BCUT2D eigenvalue weighted by atomic mass is 16.3. The number of aromatic hydroxyl groups is 2. The molecule has 1 aromatic rings. The van der Waals surface area contributed by atoms with E-state index in [-0.39, 0.29) is 5.41 Å². The minimum Gasteiger partial charge on any atom is -0.508 e. The molecule has 2 aliphatic rings. The highest BCUT2D eigenvalue weighted by Gasteiger charge is 2.32. The van der Waals surface area contributed by atoms with Crippen molar-refractivity contribution in [3.05, 3.63) is 23.3 Å². The molecule has 2 N–H and O–H groups in total. The molecule has 2 nitrogen and oxygen atoms in total. The summed E-state index contributed by atoms with van der Waals surface area (Å²) < 4.78 is 0. The topological polar surface area (TPSA) is 40.5 Å². The van der Waals surface area contributed by atoms with Crippen molar-refractivity contribution in [3.63, 3.8) is 0 Å². The number of unbranched alkanes of at least 4 members (excludes halogenated alkanes) is 1. The molecular formula is C25H40O2. The standard InChI is InChI=1S/C25H40O2/c1-4-5-15-25(2,3)21-16-22(26)24(23(27)17-21)20-13-11-19(12-14-20)18-9-7-6-8-10-18/h16-20,26-27H,4-15H2,1-3H3. The zero-order chi connectivity index (χ0) is 19.4. The Morgan fingerprint density at radius 3 is 1.96 bits per heavy atom. The first-order valence-corrected chi connectivity index (χ1v) is 11.5. The van der Waals surface area contributed by atoms with Crippen LogP contribution in [0.4, 0.5) is 0 Å². The predicted octanol–water partition coefficient (Wildman–Crippen LogP) is 7.42. The monoisotopic (exact) mass is 372 g/mol. The molecule has 0 bridgehead atoms. The fourth-order valence-corrected chi connectivity index (χ4v) is 5.68. The maximum absolute atomic E-state index is 10.8. The molecule has 0 spiro atoms. The largest absolute Gasteiger partial charge is 0.508 e. The highest BCUT2D eigenvalue weighted by Crippen LogP contribution is 2.48. The Balaban J connectivity index is 1.68. The van der Waals surface area contributed by atoms with Crippen molar-refractivity contribution < 1.29 is 10.2 Å². The second-order valence-corrected chi connectivity index (χ2v) is 9.93. The quantitative estimate of drug-likeness (QED) is 0.545. The van der Waals surface area contributed by atoms with Crippen LogP contribution in [0.2, 0.25) is 0 Å². The van der Waals surface area contributed by atoms with Gasteiger partial charge < -0.3 is 10.2 Å². The van der Waals surface area contributed by atoms with Gasteiger partial charge in [-0.3, -0.25) is 0 Å². The maximum Gasteiger partial charge on any atom is 0.123 e. The summed E-state index contributed by atoms with van der Waals surface area (Å²) >= 11 is 0. The van der Waals surface area contributed by atoms with E-state index in [2.05, 4.69) is 20.8 Å². The number of rotatable bonds is 6. The first kappa shape index (κ1) is 20.6. The average molecular weight is 373 g/mol. The lowest BCUT2D eigenvalue weighted by atomic mass is 9.69. The lowest BCUT2D eigenvalue weighted by molar-refractivity contribution is 0.184. The molecule has 0 unspecified atom stereocenters. The Kier molecular flexibility index (Phi) is 6.76. The molecule has 1 aromatic carbocycles. The molecule has 0 saturated heterocycles. The number of phenolic OH excluding ortho intramolecular Hbond substituents is 2. The fourth-order valence-electron chi connectivity index (χ4n) is 5.68. The lowest BCUT2D eigenvalue weighted by Gasteiger charge is -2.36. The van der Waals surface area contributed by atoms with Crippen molar-refractivity contribution in [2.45, 2.75) is 109 Å². The van der Waals surface area contributed by atoms with E-state index in [1.165, 1.54) is 57.8 Å². The molecule has 152 valence electrons. The molecule has 0 aliphatic heterocycles. The summed E-state index contributed by atoms with van der Waals surface area (Å²) in [7, 11) is 0. The van der Waals surface area contributed by atoms with Crippen LogP contribution in [-0.4, -0.2) is 10.2 Å². The summed E-state index contributed by atoms with van der Waals surface area (Å²) in [5.74, 6) is 2.76.